The number of hydrogen-bond acceptors (Lipinski definition) is 3. The average molecular weight is 280 g/mol. The number of rotatable bonds is 8. The van der Waals surface area contributed by atoms with E-state index in [0.717, 1.165) is 38.3 Å². The molecule has 5 heteroatoms. The van der Waals surface area contributed by atoms with Gasteiger partial charge in [-0.05, 0) is 53.7 Å². The van der Waals surface area contributed by atoms with Gasteiger partial charge in [0.25, 0.3) is 0 Å². The lowest BCUT2D eigenvalue weighted by atomic mass is 10.2. The molecule has 0 aliphatic rings. The van der Waals surface area contributed by atoms with E-state index < -0.39 is 0 Å². The summed E-state index contributed by atoms with van der Waals surface area (Å²) in [6.45, 7) is 13.3. The maximum absolute atomic E-state index is 12.1. The first-order valence-corrected chi connectivity index (χ1v) is 7.52. The van der Waals surface area contributed by atoms with Gasteiger partial charge >= 0.3 is 0 Å². The molecule has 0 aromatic carbocycles. The van der Waals surface area contributed by atoms with Gasteiger partial charge in [0.05, 0.1) is 11.7 Å². The molecule has 0 bridgehead atoms. The van der Waals surface area contributed by atoms with Crippen LogP contribution in [0.25, 0.3) is 0 Å². The van der Waals surface area contributed by atoms with Crippen LogP contribution in [0.15, 0.2) is 6.07 Å². The maximum atomic E-state index is 12.1. The first-order chi connectivity index (χ1) is 9.49. The van der Waals surface area contributed by atoms with Crippen LogP contribution in [0.3, 0.4) is 0 Å². The van der Waals surface area contributed by atoms with Gasteiger partial charge in [-0.25, -0.2) is 0 Å². The third-order valence-electron chi connectivity index (χ3n) is 3.55. The van der Waals surface area contributed by atoms with E-state index in [9.17, 15) is 4.79 Å². The molecule has 1 N–H and O–H groups in total. The Labute approximate surface area is 122 Å². The molecular weight excluding hydrogens is 252 g/mol. The monoisotopic (exact) mass is 280 g/mol. The molecule has 1 rings (SSSR count). The van der Waals surface area contributed by atoms with Crippen molar-refractivity contribution in [2.75, 3.05) is 19.6 Å². The molecule has 1 aromatic rings. The normalized spacial score (nSPS) is 12.4. The van der Waals surface area contributed by atoms with Crippen molar-refractivity contribution in [3.8, 4) is 0 Å². The molecule has 0 fully saturated rings. The van der Waals surface area contributed by atoms with E-state index in [4.69, 9.17) is 0 Å². The standard InChI is InChI=1S/C15H28N4O/c1-6-18(7-2)15(20)14(5)16-9-8-10-19-13(4)11-12(3)17-19/h11,14,16H,6-10H2,1-5H3. The van der Waals surface area contributed by atoms with E-state index in [1.165, 1.54) is 5.69 Å². The summed E-state index contributed by atoms with van der Waals surface area (Å²) in [5.74, 6) is 0.182. The largest absolute Gasteiger partial charge is 0.342 e. The predicted molar refractivity (Wildman–Crippen MR) is 81.7 cm³/mol. The molecular formula is C15H28N4O. The fourth-order valence-electron chi connectivity index (χ4n) is 2.35. The van der Waals surface area contributed by atoms with Crippen molar-refractivity contribution in [1.82, 2.24) is 20.0 Å². The zero-order valence-corrected chi connectivity index (χ0v) is 13.4. The van der Waals surface area contributed by atoms with Crippen molar-refractivity contribution in [2.45, 2.75) is 53.6 Å². The van der Waals surface area contributed by atoms with E-state index in [1.807, 2.05) is 37.3 Å². The Bertz CT molecular complexity index is 424. The highest BCUT2D eigenvalue weighted by atomic mass is 16.2. The van der Waals surface area contributed by atoms with Gasteiger partial charge in [-0.3, -0.25) is 9.48 Å². The zero-order chi connectivity index (χ0) is 15.1. The van der Waals surface area contributed by atoms with Crippen LogP contribution in [0.4, 0.5) is 0 Å². The average Bonchev–Trinajstić information content (AvgIpc) is 2.74. The smallest absolute Gasteiger partial charge is 0.239 e. The highest BCUT2D eigenvalue weighted by Gasteiger charge is 2.16. The number of aryl methyl sites for hydroxylation is 3. The third-order valence-corrected chi connectivity index (χ3v) is 3.55. The van der Waals surface area contributed by atoms with E-state index in [0.29, 0.717) is 0 Å². The first-order valence-electron chi connectivity index (χ1n) is 7.52. The molecule has 114 valence electrons. The molecule has 5 nitrogen and oxygen atoms in total. The van der Waals surface area contributed by atoms with E-state index >= 15 is 0 Å². The Morgan fingerprint density at radius 1 is 1.40 bits per heavy atom. The van der Waals surface area contributed by atoms with Gasteiger partial charge in [-0.2, -0.15) is 5.10 Å². The van der Waals surface area contributed by atoms with Crippen molar-refractivity contribution in [3.63, 3.8) is 0 Å². The molecule has 1 aromatic heterocycles. The van der Waals surface area contributed by atoms with Crippen LogP contribution >= 0.6 is 0 Å². The topological polar surface area (TPSA) is 50.2 Å². The molecule has 20 heavy (non-hydrogen) atoms. The minimum absolute atomic E-state index is 0.115. The van der Waals surface area contributed by atoms with Crippen molar-refractivity contribution in [2.24, 2.45) is 0 Å². The SMILES string of the molecule is CCN(CC)C(=O)C(C)NCCCn1nc(C)cc1C. The van der Waals surface area contributed by atoms with Crippen LogP contribution in [0, 0.1) is 13.8 Å². The van der Waals surface area contributed by atoms with Gasteiger partial charge in [0.2, 0.25) is 5.91 Å². The molecule has 0 spiro atoms. The molecule has 0 saturated carbocycles. The van der Waals surface area contributed by atoms with Gasteiger partial charge < -0.3 is 10.2 Å². The molecule has 0 radical (unpaired) electrons. The number of carbonyl (C=O) groups is 1. The second kappa shape index (κ2) is 8.04. The van der Waals surface area contributed by atoms with Gasteiger partial charge in [0.1, 0.15) is 0 Å². The van der Waals surface area contributed by atoms with Gasteiger partial charge in [0.15, 0.2) is 0 Å². The van der Waals surface area contributed by atoms with E-state index in [-0.39, 0.29) is 11.9 Å². The molecule has 0 aliphatic heterocycles. The Kier molecular flexibility index (Phi) is 6.71. The molecule has 1 atom stereocenters. The van der Waals surface area contributed by atoms with Crippen LogP contribution in [0.2, 0.25) is 0 Å². The summed E-state index contributed by atoms with van der Waals surface area (Å²) in [4.78, 5) is 13.9. The van der Waals surface area contributed by atoms with Gasteiger partial charge in [0, 0.05) is 25.3 Å². The number of nitrogens with one attached hydrogen (secondary N) is 1. The minimum atomic E-state index is -0.115. The molecule has 1 amide bonds. The summed E-state index contributed by atoms with van der Waals surface area (Å²) in [5.41, 5.74) is 2.25. The van der Waals surface area contributed by atoms with Crippen LogP contribution in [0.5, 0.6) is 0 Å². The number of hydrogen-bond donors (Lipinski definition) is 1. The molecule has 1 heterocycles. The lowest BCUT2D eigenvalue weighted by molar-refractivity contribution is -0.132. The predicted octanol–water partition coefficient (Wildman–Crippen LogP) is 1.74. The quantitative estimate of drug-likeness (QED) is 0.738. The fraction of sp³-hybridized carbons (Fsp3) is 0.733. The van der Waals surface area contributed by atoms with E-state index in [1.54, 1.807) is 0 Å². The van der Waals surface area contributed by atoms with Crippen molar-refractivity contribution in [1.29, 1.82) is 0 Å². The maximum Gasteiger partial charge on any atom is 0.239 e. The number of aromatic nitrogens is 2. The Morgan fingerprint density at radius 3 is 2.55 bits per heavy atom. The second-order valence-corrected chi connectivity index (χ2v) is 5.19. The third kappa shape index (κ3) is 4.63. The Morgan fingerprint density at radius 2 is 2.05 bits per heavy atom. The van der Waals surface area contributed by atoms with Crippen LogP contribution < -0.4 is 5.32 Å². The fourth-order valence-corrected chi connectivity index (χ4v) is 2.35. The minimum Gasteiger partial charge on any atom is -0.342 e. The lowest BCUT2D eigenvalue weighted by Gasteiger charge is -2.23. The zero-order valence-electron chi connectivity index (χ0n) is 13.4. The summed E-state index contributed by atoms with van der Waals surface area (Å²) >= 11 is 0. The van der Waals surface area contributed by atoms with Crippen LogP contribution in [-0.2, 0) is 11.3 Å². The summed E-state index contributed by atoms with van der Waals surface area (Å²) in [7, 11) is 0. The second-order valence-electron chi connectivity index (χ2n) is 5.19. The number of nitrogens with zero attached hydrogens (tertiary/aromatic N) is 3. The Balaban J connectivity index is 2.30. The molecule has 0 aliphatic carbocycles. The molecule has 0 saturated heterocycles. The van der Waals surface area contributed by atoms with E-state index in [2.05, 4.69) is 23.4 Å². The summed E-state index contributed by atoms with van der Waals surface area (Å²) < 4.78 is 2.02. The number of amides is 1. The summed E-state index contributed by atoms with van der Waals surface area (Å²) in [6.07, 6.45) is 0.970. The van der Waals surface area contributed by atoms with Crippen molar-refractivity contribution in [3.05, 3.63) is 17.5 Å². The number of carbonyl (C=O) groups excluding carboxylic acids is 1. The van der Waals surface area contributed by atoms with Crippen LogP contribution in [0.1, 0.15) is 38.6 Å². The highest BCUT2D eigenvalue weighted by molar-refractivity contribution is 5.81. The van der Waals surface area contributed by atoms with Gasteiger partial charge in [-0.1, -0.05) is 0 Å². The van der Waals surface area contributed by atoms with Crippen LogP contribution in [-0.4, -0.2) is 46.3 Å². The number of likely N-dealkylation sites (N-methyl/N-ethyl adjacent to an activating group) is 1. The summed E-state index contributed by atoms with van der Waals surface area (Å²) in [6, 6.07) is 1.97. The van der Waals surface area contributed by atoms with Crippen molar-refractivity contribution < 1.29 is 4.79 Å². The Hall–Kier alpha value is -1.36. The lowest BCUT2D eigenvalue weighted by Crippen LogP contribution is -2.45. The molecule has 1 unspecified atom stereocenters. The van der Waals surface area contributed by atoms with Crippen molar-refractivity contribution >= 4 is 5.91 Å². The highest BCUT2D eigenvalue weighted by Crippen LogP contribution is 2.02. The summed E-state index contributed by atoms with van der Waals surface area (Å²) in [5, 5.41) is 7.73. The first kappa shape index (κ1) is 16.7. The van der Waals surface area contributed by atoms with Gasteiger partial charge in [-0.15, -0.1) is 0 Å².